The number of nitrogens with zero attached hydrogens (tertiary/aromatic N) is 4. The van der Waals surface area contributed by atoms with Crippen molar-refractivity contribution in [2.75, 3.05) is 0 Å². The molecule has 6 nitrogen and oxygen atoms in total. The molecule has 2 aromatic rings. The molecule has 0 aliphatic rings. The van der Waals surface area contributed by atoms with Gasteiger partial charge in [-0.3, -0.25) is 9.48 Å². The van der Waals surface area contributed by atoms with E-state index in [2.05, 4.69) is 34.5 Å². The number of aromatic nitrogens is 4. The Kier molecular flexibility index (Phi) is 4.41. The van der Waals surface area contributed by atoms with Crippen molar-refractivity contribution < 1.29 is 4.79 Å². The average Bonchev–Trinajstić information content (AvgIpc) is 3.04. The van der Waals surface area contributed by atoms with Gasteiger partial charge in [-0.1, -0.05) is 25.2 Å². The number of nitrogens with one attached hydrogen (secondary N) is 1. The third-order valence-corrected chi connectivity index (χ3v) is 4.13. The molecule has 1 N–H and O–H groups in total. The maximum Gasteiger partial charge on any atom is 0.254 e. The Hall–Kier alpha value is -1.76. The van der Waals surface area contributed by atoms with E-state index in [-0.39, 0.29) is 11.4 Å². The fourth-order valence-electron chi connectivity index (χ4n) is 1.64. The van der Waals surface area contributed by atoms with Crippen molar-refractivity contribution in [1.82, 2.24) is 25.3 Å². The van der Waals surface area contributed by atoms with Crippen molar-refractivity contribution >= 4 is 17.2 Å². The zero-order chi connectivity index (χ0) is 15.6. The Morgan fingerprint density at radius 3 is 2.62 bits per heavy atom. The zero-order valence-corrected chi connectivity index (χ0v) is 13.9. The molecule has 2 aromatic heterocycles. The van der Waals surface area contributed by atoms with Gasteiger partial charge in [0.05, 0.1) is 23.8 Å². The molecule has 21 heavy (non-hydrogen) atoms. The third-order valence-electron chi connectivity index (χ3n) is 2.91. The molecule has 2 heterocycles. The molecule has 0 unspecified atom stereocenters. The first kappa shape index (κ1) is 15.6. The van der Waals surface area contributed by atoms with Crippen LogP contribution in [0.2, 0.25) is 0 Å². The molecule has 0 aliphatic carbocycles. The standard InChI is InChI=1S/C14H21N5OS/c1-9(2)13-18-17-11(21-13)7-15-12(20)10-6-16-19(8-10)14(3,4)5/h6,8-9H,7H2,1-5H3,(H,15,20). The topological polar surface area (TPSA) is 72.7 Å². The Bertz CT molecular complexity index is 623. The molecular formula is C14H21N5OS. The summed E-state index contributed by atoms with van der Waals surface area (Å²) in [6.45, 7) is 10.7. The predicted molar refractivity (Wildman–Crippen MR) is 82.4 cm³/mol. The first-order chi connectivity index (χ1) is 9.77. The van der Waals surface area contributed by atoms with Crippen molar-refractivity contribution in [2.24, 2.45) is 0 Å². The van der Waals surface area contributed by atoms with Gasteiger partial charge in [-0.2, -0.15) is 5.10 Å². The lowest BCUT2D eigenvalue weighted by Crippen LogP contribution is -2.24. The summed E-state index contributed by atoms with van der Waals surface area (Å²) in [5.41, 5.74) is 0.419. The van der Waals surface area contributed by atoms with E-state index in [9.17, 15) is 4.79 Å². The minimum atomic E-state index is -0.146. The summed E-state index contributed by atoms with van der Waals surface area (Å²) in [4.78, 5) is 12.1. The Morgan fingerprint density at radius 2 is 2.10 bits per heavy atom. The van der Waals surface area contributed by atoms with Crippen LogP contribution in [0.15, 0.2) is 12.4 Å². The van der Waals surface area contributed by atoms with E-state index in [0.29, 0.717) is 18.0 Å². The second-order valence-electron chi connectivity index (χ2n) is 6.22. The van der Waals surface area contributed by atoms with Crippen LogP contribution < -0.4 is 5.32 Å². The van der Waals surface area contributed by atoms with Crippen molar-refractivity contribution in [3.63, 3.8) is 0 Å². The largest absolute Gasteiger partial charge is 0.345 e. The van der Waals surface area contributed by atoms with Gasteiger partial charge in [0.15, 0.2) is 0 Å². The highest BCUT2D eigenvalue weighted by atomic mass is 32.1. The van der Waals surface area contributed by atoms with Crippen LogP contribution in [0.25, 0.3) is 0 Å². The first-order valence-electron chi connectivity index (χ1n) is 6.93. The van der Waals surface area contributed by atoms with E-state index in [1.54, 1.807) is 17.1 Å². The third kappa shape index (κ3) is 3.87. The number of hydrogen-bond donors (Lipinski definition) is 1. The lowest BCUT2D eigenvalue weighted by atomic mass is 10.1. The van der Waals surface area contributed by atoms with E-state index >= 15 is 0 Å². The SMILES string of the molecule is CC(C)c1nnc(CNC(=O)c2cnn(C(C)(C)C)c2)s1. The number of amides is 1. The lowest BCUT2D eigenvalue weighted by Gasteiger charge is -2.18. The quantitative estimate of drug-likeness (QED) is 0.942. The van der Waals surface area contributed by atoms with Gasteiger partial charge in [-0.15, -0.1) is 10.2 Å². The zero-order valence-electron chi connectivity index (χ0n) is 13.0. The Morgan fingerprint density at radius 1 is 1.38 bits per heavy atom. The van der Waals surface area contributed by atoms with Gasteiger partial charge in [-0.25, -0.2) is 0 Å². The molecule has 0 radical (unpaired) electrons. The molecule has 2 rings (SSSR count). The van der Waals surface area contributed by atoms with Crippen LogP contribution in [0.5, 0.6) is 0 Å². The van der Waals surface area contributed by atoms with Crippen molar-refractivity contribution in [3.05, 3.63) is 28.0 Å². The van der Waals surface area contributed by atoms with Gasteiger partial charge in [0.25, 0.3) is 5.91 Å². The van der Waals surface area contributed by atoms with Crippen molar-refractivity contribution in [3.8, 4) is 0 Å². The highest BCUT2D eigenvalue weighted by Gasteiger charge is 2.17. The van der Waals surface area contributed by atoms with Crippen molar-refractivity contribution in [1.29, 1.82) is 0 Å². The average molecular weight is 307 g/mol. The molecule has 1 amide bonds. The molecule has 0 aromatic carbocycles. The summed E-state index contributed by atoms with van der Waals surface area (Å²) in [6, 6.07) is 0. The molecule has 0 atom stereocenters. The minimum absolute atomic E-state index is 0.135. The highest BCUT2D eigenvalue weighted by molar-refractivity contribution is 7.11. The van der Waals surface area contributed by atoms with Crippen LogP contribution in [-0.4, -0.2) is 25.9 Å². The van der Waals surface area contributed by atoms with E-state index < -0.39 is 0 Å². The number of carbonyl (C=O) groups is 1. The van der Waals surface area contributed by atoms with Crippen molar-refractivity contribution in [2.45, 2.75) is 52.6 Å². The highest BCUT2D eigenvalue weighted by Crippen LogP contribution is 2.19. The predicted octanol–water partition coefficient (Wildman–Crippen LogP) is 2.54. The van der Waals surface area contributed by atoms with Crippen LogP contribution in [-0.2, 0) is 12.1 Å². The van der Waals surface area contributed by atoms with Gasteiger partial charge >= 0.3 is 0 Å². The van der Waals surface area contributed by atoms with Crippen LogP contribution >= 0.6 is 11.3 Å². The van der Waals surface area contributed by atoms with Gasteiger partial charge in [0, 0.05) is 12.1 Å². The number of rotatable bonds is 4. The monoisotopic (exact) mass is 307 g/mol. The lowest BCUT2D eigenvalue weighted by molar-refractivity contribution is 0.0950. The fourth-order valence-corrected chi connectivity index (χ4v) is 2.42. The molecular weight excluding hydrogens is 286 g/mol. The molecule has 0 spiro atoms. The molecule has 0 aliphatic heterocycles. The summed E-state index contributed by atoms with van der Waals surface area (Å²) in [7, 11) is 0. The normalized spacial score (nSPS) is 11.9. The number of carbonyl (C=O) groups excluding carboxylic acids is 1. The van der Waals surface area contributed by atoms with E-state index in [1.165, 1.54) is 11.3 Å². The number of hydrogen-bond acceptors (Lipinski definition) is 5. The minimum Gasteiger partial charge on any atom is -0.345 e. The Balaban J connectivity index is 1.96. The van der Waals surface area contributed by atoms with Crippen LogP contribution in [0, 0.1) is 0 Å². The van der Waals surface area contributed by atoms with E-state index in [4.69, 9.17) is 0 Å². The smallest absolute Gasteiger partial charge is 0.254 e. The molecule has 0 saturated carbocycles. The maximum absolute atomic E-state index is 12.1. The summed E-state index contributed by atoms with van der Waals surface area (Å²) >= 11 is 1.53. The van der Waals surface area contributed by atoms with E-state index in [0.717, 1.165) is 10.0 Å². The van der Waals surface area contributed by atoms with Crippen LogP contribution in [0.4, 0.5) is 0 Å². The van der Waals surface area contributed by atoms with Gasteiger partial charge in [0.2, 0.25) is 0 Å². The first-order valence-corrected chi connectivity index (χ1v) is 7.74. The maximum atomic E-state index is 12.1. The molecule has 0 saturated heterocycles. The molecule has 0 bridgehead atoms. The second kappa shape index (κ2) is 5.93. The van der Waals surface area contributed by atoms with Gasteiger partial charge < -0.3 is 5.32 Å². The van der Waals surface area contributed by atoms with Crippen LogP contribution in [0.3, 0.4) is 0 Å². The van der Waals surface area contributed by atoms with E-state index in [1.807, 2.05) is 20.8 Å². The second-order valence-corrected chi connectivity index (χ2v) is 7.31. The summed E-state index contributed by atoms with van der Waals surface area (Å²) in [5.74, 6) is 0.212. The summed E-state index contributed by atoms with van der Waals surface area (Å²) in [5, 5.41) is 17.1. The summed E-state index contributed by atoms with van der Waals surface area (Å²) in [6.07, 6.45) is 3.34. The van der Waals surface area contributed by atoms with Gasteiger partial charge in [-0.05, 0) is 20.8 Å². The summed E-state index contributed by atoms with van der Waals surface area (Å²) < 4.78 is 1.78. The molecule has 0 fully saturated rings. The fraction of sp³-hybridized carbons (Fsp3) is 0.571. The molecule has 114 valence electrons. The molecule has 7 heteroatoms. The Labute approximate surface area is 128 Å². The van der Waals surface area contributed by atoms with Crippen LogP contribution in [0.1, 0.15) is 60.9 Å². The van der Waals surface area contributed by atoms with Gasteiger partial charge in [0.1, 0.15) is 10.0 Å².